The molecule has 0 bridgehead atoms. The van der Waals surface area contributed by atoms with Gasteiger partial charge in [-0.15, -0.1) is 11.8 Å². The third-order valence-corrected chi connectivity index (χ3v) is 7.74. The van der Waals surface area contributed by atoms with E-state index in [1.165, 1.54) is 17.3 Å². The molecule has 0 N–H and O–H groups in total. The Morgan fingerprint density at radius 3 is 2.74 bits per heavy atom. The fourth-order valence-corrected chi connectivity index (χ4v) is 6.07. The molecule has 0 atom stereocenters. The summed E-state index contributed by atoms with van der Waals surface area (Å²) < 4.78 is 1.73. The third-order valence-electron chi connectivity index (χ3n) is 5.67. The van der Waals surface area contributed by atoms with Crippen molar-refractivity contribution in [3.05, 3.63) is 81.8 Å². The minimum Gasteiger partial charge on any atom is -0.311 e. The molecule has 31 heavy (non-hydrogen) atoms. The van der Waals surface area contributed by atoms with Crippen LogP contribution in [0.15, 0.2) is 69.4 Å². The normalized spacial score (nSPS) is 14.9. The first-order valence-electron chi connectivity index (χ1n) is 10.5. The number of fused-ring (bicyclic) bond motifs is 2. The lowest BCUT2D eigenvalue weighted by molar-refractivity contribution is -0.116. The summed E-state index contributed by atoms with van der Waals surface area (Å²) in [6.45, 7) is 1.20. The molecule has 0 spiro atoms. The lowest BCUT2D eigenvalue weighted by atomic mass is 10.0. The van der Waals surface area contributed by atoms with Crippen LogP contribution >= 0.6 is 23.5 Å². The molecule has 0 aliphatic carbocycles. The first kappa shape index (κ1) is 20.4. The minimum atomic E-state index is 0.00891. The van der Waals surface area contributed by atoms with E-state index in [4.69, 9.17) is 4.98 Å². The summed E-state index contributed by atoms with van der Waals surface area (Å²) in [5.41, 5.74) is 4.17. The Morgan fingerprint density at radius 2 is 1.87 bits per heavy atom. The fraction of sp³-hybridized carbons (Fsp3) is 0.292. The molecule has 0 saturated carbocycles. The summed E-state index contributed by atoms with van der Waals surface area (Å²) in [6.07, 6.45) is 2.79. The van der Waals surface area contributed by atoms with Crippen LogP contribution in [0.1, 0.15) is 23.2 Å². The van der Waals surface area contributed by atoms with Gasteiger partial charge in [0.25, 0.3) is 5.56 Å². The van der Waals surface area contributed by atoms with Crippen LogP contribution in [0.5, 0.6) is 0 Å². The quantitative estimate of drug-likeness (QED) is 0.435. The zero-order valence-corrected chi connectivity index (χ0v) is 18.8. The number of nitrogens with zero attached hydrogens (tertiary/aromatic N) is 3. The zero-order chi connectivity index (χ0) is 21.2. The molecular weight excluding hydrogens is 426 g/mol. The van der Waals surface area contributed by atoms with Crippen molar-refractivity contribution in [1.29, 1.82) is 0 Å². The zero-order valence-electron chi connectivity index (χ0n) is 17.1. The highest BCUT2D eigenvalue weighted by molar-refractivity contribution is 8.00. The van der Waals surface area contributed by atoms with Crippen molar-refractivity contribution in [3.8, 4) is 0 Å². The number of carbonyl (C=O) groups is 1. The number of rotatable bonds is 5. The summed E-state index contributed by atoms with van der Waals surface area (Å²) in [7, 11) is 0. The topological polar surface area (TPSA) is 55.2 Å². The Labute approximate surface area is 189 Å². The van der Waals surface area contributed by atoms with Gasteiger partial charge in [-0.3, -0.25) is 14.2 Å². The van der Waals surface area contributed by atoms with Crippen LogP contribution in [0.2, 0.25) is 0 Å². The Morgan fingerprint density at radius 1 is 1.06 bits per heavy atom. The molecule has 0 radical (unpaired) electrons. The molecular formula is C24H23N3O2S2. The van der Waals surface area contributed by atoms with Gasteiger partial charge in [-0.2, -0.15) is 0 Å². The average Bonchev–Trinajstić information content (AvgIpc) is 3.29. The summed E-state index contributed by atoms with van der Waals surface area (Å²) in [6, 6.07) is 18.1. The Bertz CT molecular complexity index is 1180. The number of hydrogen-bond acceptors (Lipinski definition) is 5. The Kier molecular flexibility index (Phi) is 5.87. The van der Waals surface area contributed by atoms with E-state index in [-0.39, 0.29) is 17.2 Å². The first-order valence-corrected chi connectivity index (χ1v) is 12.5. The van der Waals surface area contributed by atoms with Gasteiger partial charge in [0.05, 0.1) is 22.9 Å². The molecule has 2 aliphatic rings. The highest BCUT2D eigenvalue weighted by atomic mass is 32.2. The maximum Gasteiger partial charge on any atom is 0.268 e. The van der Waals surface area contributed by atoms with Crippen molar-refractivity contribution < 1.29 is 4.79 Å². The molecule has 5 nitrogen and oxygen atoms in total. The molecule has 7 heteroatoms. The van der Waals surface area contributed by atoms with Crippen molar-refractivity contribution in [2.24, 2.45) is 0 Å². The number of anilines is 1. The van der Waals surface area contributed by atoms with Crippen LogP contribution in [-0.4, -0.2) is 33.5 Å². The number of hydrogen-bond donors (Lipinski definition) is 0. The van der Waals surface area contributed by atoms with Crippen molar-refractivity contribution in [2.75, 3.05) is 23.0 Å². The van der Waals surface area contributed by atoms with Crippen LogP contribution in [0.25, 0.3) is 0 Å². The van der Waals surface area contributed by atoms with Crippen LogP contribution in [0.4, 0.5) is 5.69 Å². The van der Waals surface area contributed by atoms with E-state index >= 15 is 0 Å². The number of aryl methyl sites for hydroxylation is 2. The van der Waals surface area contributed by atoms with Crippen molar-refractivity contribution >= 4 is 35.1 Å². The van der Waals surface area contributed by atoms with Crippen molar-refractivity contribution in [3.63, 3.8) is 0 Å². The second-order valence-electron chi connectivity index (χ2n) is 7.71. The molecule has 2 aliphatic heterocycles. The summed E-state index contributed by atoms with van der Waals surface area (Å²) in [5, 5.41) is 0.633. The van der Waals surface area contributed by atoms with Gasteiger partial charge in [-0.25, -0.2) is 4.98 Å². The lowest BCUT2D eigenvalue weighted by Gasteiger charge is -2.29. The van der Waals surface area contributed by atoms with Gasteiger partial charge in [-0.05, 0) is 30.0 Å². The first-order chi connectivity index (χ1) is 15.2. The molecule has 5 rings (SSSR count). The van der Waals surface area contributed by atoms with Crippen LogP contribution in [-0.2, 0) is 24.2 Å². The highest BCUT2D eigenvalue weighted by Crippen LogP contribution is 2.30. The van der Waals surface area contributed by atoms with Gasteiger partial charge in [-0.1, -0.05) is 60.3 Å². The van der Waals surface area contributed by atoms with Gasteiger partial charge in [0.2, 0.25) is 5.91 Å². The van der Waals surface area contributed by atoms with E-state index in [0.29, 0.717) is 11.7 Å². The van der Waals surface area contributed by atoms with Gasteiger partial charge < -0.3 is 4.90 Å². The number of aromatic nitrogens is 2. The maximum atomic E-state index is 13.2. The predicted octanol–water partition coefficient (Wildman–Crippen LogP) is 4.01. The van der Waals surface area contributed by atoms with E-state index in [1.54, 1.807) is 16.3 Å². The summed E-state index contributed by atoms with van der Waals surface area (Å²) in [5.74, 6) is 1.22. The molecule has 1 amide bonds. The van der Waals surface area contributed by atoms with Gasteiger partial charge in [0.15, 0.2) is 5.16 Å². The van der Waals surface area contributed by atoms with Crippen molar-refractivity contribution in [1.82, 2.24) is 9.55 Å². The summed E-state index contributed by atoms with van der Waals surface area (Å²) >= 11 is 2.96. The number of para-hydroxylation sites is 1. The van der Waals surface area contributed by atoms with E-state index in [2.05, 4.69) is 6.07 Å². The molecule has 3 aromatic rings. The van der Waals surface area contributed by atoms with Crippen LogP contribution < -0.4 is 10.5 Å². The standard InChI is InChI=1S/C24H23N3O2S2/c28-21(26-13-6-10-18-9-4-5-11-20(18)26)16-31-24-25-19-12-14-30-22(19)23(29)27(24)15-17-7-2-1-3-8-17/h1-5,7-9,11H,6,10,12-16H2. The predicted molar refractivity (Wildman–Crippen MR) is 126 cm³/mol. The van der Waals surface area contributed by atoms with Gasteiger partial charge in [0, 0.05) is 24.4 Å². The molecule has 158 valence electrons. The SMILES string of the molecule is O=C(CSc1nc2c(c(=O)n1Cc1ccccc1)SCC2)N1CCCc2ccccc21. The summed E-state index contributed by atoms with van der Waals surface area (Å²) in [4.78, 5) is 33.7. The largest absolute Gasteiger partial charge is 0.311 e. The van der Waals surface area contributed by atoms with Gasteiger partial charge >= 0.3 is 0 Å². The maximum absolute atomic E-state index is 13.2. The second kappa shape index (κ2) is 8.93. The number of thioether (sulfide) groups is 2. The number of benzene rings is 2. The van der Waals surface area contributed by atoms with Crippen LogP contribution in [0, 0.1) is 0 Å². The Balaban J connectivity index is 1.41. The van der Waals surface area contributed by atoms with E-state index < -0.39 is 0 Å². The lowest BCUT2D eigenvalue weighted by Crippen LogP contribution is -2.37. The molecule has 2 aromatic carbocycles. The highest BCUT2D eigenvalue weighted by Gasteiger charge is 2.25. The molecule has 0 fully saturated rings. The van der Waals surface area contributed by atoms with E-state index in [1.807, 2.05) is 53.4 Å². The third kappa shape index (κ3) is 4.16. The van der Waals surface area contributed by atoms with Gasteiger partial charge in [0.1, 0.15) is 0 Å². The Hall–Kier alpha value is -2.51. The number of amides is 1. The minimum absolute atomic E-state index is 0.00891. The van der Waals surface area contributed by atoms with Crippen molar-refractivity contribution in [2.45, 2.75) is 35.9 Å². The molecule has 0 unspecified atom stereocenters. The van der Waals surface area contributed by atoms with E-state index in [9.17, 15) is 9.59 Å². The van der Waals surface area contributed by atoms with Crippen LogP contribution in [0.3, 0.4) is 0 Å². The second-order valence-corrected chi connectivity index (χ2v) is 9.76. The smallest absolute Gasteiger partial charge is 0.268 e. The fourth-order valence-electron chi connectivity index (χ4n) is 4.14. The average molecular weight is 450 g/mol. The number of carbonyl (C=O) groups excluding carboxylic acids is 1. The molecule has 3 heterocycles. The monoisotopic (exact) mass is 449 g/mol. The van der Waals surface area contributed by atoms with E-state index in [0.717, 1.165) is 53.4 Å². The molecule has 0 saturated heterocycles. The molecule has 1 aromatic heterocycles.